The molecule has 1 saturated carbocycles. The minimum Gasteiger partial charge on any atom is -0.315 e. The summed E-state index contributed by atoms with van der Waals surface area (Å²) in [6.45, 7) is 1.64. The Bertz CT molecular complexity index is 512. The Labute approximate surface area is 134 Å². The van der Waals surface area contributed by atoms with Gasteiger partial charge in [-0.15, -0.1) is 10.2 Å². The lowest BCUT2D eigenvalue weighted by molar-refractivity contribution is -0.183. The van der Waals surface area contributed by atoms with E-state index in [1.807, 2.05) is 0 Å². The van der Waals surface area contributed by atoms with Crippen LogP contribution in [0.3, 0.4) is 0 Å². The van der Waals surface area contributed by atoms with Crippen LogP contribution in [0.4, 0.5) is 13.2 Å². The van der Waals surface area contributed by atoms with Gasteiger partial charge in [-0.25, -0.2) is 0 Å². The van der Waals surface area contributed by atoms with Crippen LogP contribution >= 0.6 is 0 Å². The third kappa shape index (κ3) is 4.25. The second kappa shape index (κ2) is 7.20. The molecule has 130 valence electrons. The zero-order valence-electron chi connectivity index (χ0n) is 13.4. The van der Waals surface area contributed by atoms with Crippen LogP contribution in [0, 0.1) is 5.92 Å². The number of nitrogens with one attached hydrogen (secondary N) is 1. The van der Waals surface area contributed by atoms with E-state index in [9.17, 15) is 13.2 Å². The van der Waals surface area contributed by atoms with Gasteiger partial charge < -0.3 is 9.88 Å². The van der Waals surface area contributed by atoms with Crippen LogP contribution in [-0.4, -0.2) is 33.5 Å². The maximum Gasteiger partial charge on any atom is 0.391 e. The number of aromatic nitrogens is 3. The minimum absolute atomic E-state index is 0.0260. The molecule has 2 heterocycles. The van der Waals surface area contributed by atoms with Crippen molar-refractivity contribution in [3.63, 3.8) is 0 Å². The first-order valence-corrected chi connectivity index (χ1v) is 8.75. The second-order valence-electron chi connectivity index (χ2n) is 6.80. The van der Waals surface area contributed by atoms with Crippen molar-refractivity contribution in [2.75, 3.05) is 6.54 Å². The van der Waals surface area contributed by atoms with Crippen molar-refractivity contribution in [3.05, 3.63) is 11.6 Å². The number of hydrogen-bond donors (Lipinski definition) is 1. The first-order chi connectivity index (χ1) is 11.0. The largest absolute Gasteiger partial charge is 0.391 e. The number of halogens is 3. The van der Waals surface area contributed by atoms with Gasteiger partial charge in [0.15, 0.2) is 0 Å². The maximum atomic E-state index is 12.8. The molecule has 1 N–H and O–H groups in total. The standard InChI is InChI=1S/C16H25F3N4/c17-16(18,19)12-5-4-6-13(11-12)20-9-8-15-22-21-14-7-2-1-3-10-23(14)15/h12-13,20H,1-11H2. The topological polar surface area (TPSA) is 42.7 Å². The highest BCUT2D eigenvalue weighted by Crippen LogP contribution is 2.37. The summed E-state index contributed by atoms with van der Waals surface area (Å²) in [7, 11) is 0. The van der Waals surface area contributed by atoms with Crippen molar-refractivity contribution in [2.45, 2.75) is 76.6 Å². The van der Waals surface area contributed by atoms with Gasteiger partial charge in [0, 0.05) is 32.0 Å². The van der Waals surface area contributed by atoms with E-state index in [4.69, 9.17) is 0 Å². The van der Waals surface area contributed by atoms with E-state index in [-0.39, 0.29) is 18.9 Å². The number of aryl methyl sites for hydroxylation is 1. The molecule has 2 atom stereocenters. The molecule has 0 saturated heterocycles. The molecule has 0 aromatic carbocycles. The zero-order chi connectivity index (χ0) is 16.3. The molecule has 0 spiro atoms. The Morgan fingerprint density at radius 2 is 1.96 bits per heavy atom. The van der Waals surface area contributed by atoms with Gasteiger partial charge in [0.2, 0.25) is 0 Å². The molecule has 3 rings (SSSR count). The first kappa shape index (κ1) is 16.7. The molecule has 0 bridgehead atoms. The van der Waals surface area contributed by atoms with Crippen LogP contribution < -0.4 is 5.32 Å². The highest BCUT2D eigenvalue weighted by atomic mass is 19.4. The second-order valence-corrected chi connectivity index (χ2v) is 6.80. The molecule has 1 aromatic heterocycles. The average molecular weight is 330 g/mol. The van der Waals surface area contributed by atoms with Gasteiger partial charge in [-0.3, -0.25) is 0 Å². The Hall–Kier alpha value is -1.11. The van der Waals surface area contributed by atoms with E-state index >= 15 is 0 Å². The fourth-order valence-corrected chi connectivity index (χ4v) is 3.79. The molecule has 4 nitrogen and oxygen atoms in total. The lowest BCUT2D eigenvalue weighted by Gasteiger charge is -2.31. The van der Waals surface area contributed by atoms with Crippen LogP contribution in [0.25, 0.3) is 0 Å². The van der Waals surface area contributed by atoms with E-state index in [1.54, 1.807) is 0 Å². The molecule has 1 aromatic rings. The Balaban J connectivity index is 1.49. The molecule has 2 aliphatic rings. The van der Waals surface area contributed by atoms with Gasteiger partial charge in [-0.05, 0) is 32.1 Å². The third-order valence-corrected chi connectivity index (χ3v) is 5.10. The fourth-order valence-electron chi connectivity index (χ4n) is 3.79. The van der Waals surface area contributed by atoms with Crippen molar-refractivity contribution in [3.8, 4) is 0 Å². The van der Waals surface area contributed by atoms with E-state index in [0.717, 1.165) is 50.3 Å². The first-order valence-electron chi connectivity index (χ1n) is 8.75. The van der Waals surface area contributed by atoms with Gasteiger partial charge in [0.25, 0.3) is 0 Å². The summed E-state index contributed by atoms with van der Waals surface area (Å²) in [6, 6.07) is -0.0260. The Kier molecular flexibility index (Phi) is 5.24. The van der Waals surface area contributed by atoms with Gasteiger partial charge >= 0.3 is 6.18 Å². The molecular formula is C16H25F3N4. The third-order valence-electron chi connectivity index (χ3n) is 5.10. The lowest BCUT2D eigenvalue weighted by atomic mass is 9.85. The number of nitrogens with zero attached hydrogens (tertiary/aromatic N) is 3. The molecule has 1 aliphatic carbocycles. The maximum absolute atomic E-state index is 12.8. The van der Waals surface area contributed by atoms with Gasteiger partial charge in [-0.2, -0.15) is 13.2 Å². The lowest BCUT2D eigenvalue weighted by Crippen LogP contribution is -2.39. The van der Waals surface area contributed by atoms with Crippen molar-refractivity contribution in [2.24, 2.45) is 5.92 Å². The van der Waals surface area contributed by atoms with Crippen LogP contribution in [0.5, 0.6) is 0 Å². The van der Waals surface area contributed by atoms with Crippen molar-refractivity contribution >= 4 is 0 Å². The zero-order valence-corrected chi connectivity index (χ0v) is 13.4. The predicted octanol–water partition coefficient (Wildman–Crippen LogP) is 3.26. The minimum atomic E-state index is -4.05. The number of rotatable bonds is 4. The summed E-state index contributed by atoms with van der Waals surface area (Å²) in [5.74, 6) is 0.892. The number of fused-ring (bicyclic) bond motifs is 1. The van der Waals surface area contributed by atoms with Crippen LogP contribution in [0.15, 0.2) is 0 Å². The summed E-state index contributed by atoms with van der Waals surface area (Å²) in [4.78, 5) is 0. The summed E-state index contributed by atoms with van der Waals surface area (Å²) >= 11 is 0. The van der Waals surface area contributed by atoms with Crippen LogP contribution in [0.2, 0.25) is 0 Å². The van der Waals surface area contributed by atoms with Crippen molar-refractivity contribution in [1.82, 2.24) is 20.1 Å². The molecule has 1 aliphatic heterocycles. The summed E-state index contributed by atoms with van der Waals surface area (Å²) in [6.07, 6.45) is 3.19. The molecular weight excluding hydrogens is 305 g/mol. The predicted molar refractivity (Wildman–Crippen MR) is 81.1 cm³/mol. The molecule has 0 radical (unpaired) electrons. The molecule has 0 amide bonds. The van der Waals surface area contributed by atoms with Gasteiger partial charge in [0.1, 0.15) is 11.6 Å². The monoisotopic (exact) mass is 330 g/mol. The summed E-state index contributed by atoms with van der Waals surface area (Å²) in [5, 5.41) is 11.8. The van der Waals surface area contributed by atoms with E-state index < -0.39 is 12.1 Å². The highest BCUT2D eigenvalue weighted by molar-refractivity contribution is 4.98. The van der Waals surface area contributed by atoms with Crippen molar-refractivity contribution < 1.29 is 13.2 Å². The van der Waals surface area contributed by atoms with Gasteiger partial charge in [0.05, 0.1) is 5.92 Å². The van der Waals surface area contributed by atoms with E-state index in [2.05, 4.69) is 20.1 Å². The summed E-state index contributed by atoms with van der Waals surface area (Å²) < 4.78 is 40.7. The summed E-state index contributed by atoms with van der Waals surface area (Å²) in [5.41, 5.74) is 0. The average Bonchev–Trinajstić information content (AvgIpc) is 2.75. The number of hydrogen-bond acceptors (Lipinski definition) is 3. The van der Waals surface area contributed by atoms with E-state index in [1.165, 1.54) is 6.42 Å². The SMILES string of the molecule is FC(F)(F)C1CCCC(NCCc2nnc3n2CCCCC3)C1. The highest BCUT2D eigenvalue weighted by Gasteiger charge is 2.41. The Morgan fingerprint density at radius 1 is 1.09 bits per heavy atom. The van der Waals surface area contributed by atoms with Crippen LogP contribution in [0.1, 0.15) is 56.6 Å². The molecule has 23 heavy (non-hydrogen) atoms. The smallest absolute Gasteiger partial charge is 0.315 e. The molecule has 7 heteroatoms. The van der Waals surface area contributed by atoms with E-state index in [0.29, 0.717) is 13.0 Å². The van der Waals surface area contributed by atoms with Crippen molar-refractivity contribution in [1.29, 1.82) is 0 Å². The Morgan fingerprint density at radius 3 is 2.78 bits per heavy atom. The number of alkyl halides is 3. The van der Waals surface area contributed by atoms with Crippen LogP contribution in [-0.2, 0) is 19.4 Å². The molecule has 1 fully saturated rings. The quantitative estimate of drug-likeness (QED) is 0.921. The molecule has 2 unspecified atom stereocenters. The fraction of sp³-hybridized carbons (Fsp3) is 0.875. The van der Waals surface area contributed by atoms with Gasteiger partial charge in [-0.1, -0.05) is 12.8 Å². The normalized spacial score (nSPS) is 25.9.